The van der Waals surface area contributed by atoms with Gasteiger partial charge in [-0.2, -0.15) is 13.2 Å². The molecule has 2 amide bonds. The Bertz CT molecular complexity index is 1060. The number of nitrogens with one attached hydrogen (secondary N) is 1. The lowest BCUT2D eigenvalue weighted by molar-refractivity contribution is -0.171. The molecule has 0 aromatic heterocycles. The lowest BCUT2D eigenvalue weighted by Gasteiger charge is -2.32. The van der Waals surface area contributed by atoms with Gasteiger partial charge in [-0.25, -0.2) is 8.78 Å². The van der Waals surface area contributed by atoms with Crippen LogP contribution in [-0.2, 0) is 19.3 Å². The van der Waals surface area contributed by atoms with E-state index in [4.69, 9.17) is 0 Å². The minimum absolute atomic E-state index is 0.0870. The van der Waals surface area contributed by atoms with E-state index >= 15 is 0 Å². The monoisotopic (exact) mass is 428 g/mol. The summed E-state index contributed by atoms with van der Waals surface area (Å²) in [6.45, 7) is 0. The second-order valence-electron chi connectivity index (χ2n) is 6.30. The molecule has 0 saturated carbocycles. The number of rotatable bonds is 2. The van der Waals surface area contributed by atoms with Crippen molar-refractivity contribution in [1.29, 1.82) is 0 Å². The Labute approximate surface area is 163 Å². The Morgan fingerprint density at radius 1 is 1.03 bits per heavy atom. The molecule has 2 aliphatic rings. The first-order valence-corrected chi connectivity index (χ1v) is 8.93. The first kappa shape index (κ1) is 19.4. The minimum Gasteiger partial charge on any atom is -0.323 e. The van der Waals surface area contributed by atoms with E-state index in [0.717, 1.165) is 36.4 Å². The fraction of sp³-hybridized carbons (Fsp3) is 0.167. The zero-order valence-electron chi connectivity index (χ0n) is 14.1. The van der Waals surface area contributed by atoms with Crippen LogP contribution in [0, 0.1) is 11.6 Å². The molecule has 1 N–H and O–H groups in total. The highest BCUT2D eigenvalue weighted by atomic mass is 32.2. The Morgan fingerprint density at radius 3 is 2.28 bits per heavy atom. The normalized spacial score (nSPS) is 23.5. The van der Waals surface area contributed by atoms with Crippen molar-refractivity contribution in [3.63, 3.8) is 0 Å². The van der Waals surface area contributed by atoms with E-state index < -0.39 is 45.5 Å². The van der Waals surface area contributed by atoms with E-state index in [1.807, 2.05) is 0 Å². The van der Waals surface area contributed by atoms with Gasteiger partial charge in [0.05, 0.1) is 0 Å². The summed E-state index contributed by atoms with van der Waals surface area (Å²) in [5, 5.41) is 0.123. The molecular weight excluding hydrogens is 419 g/mol. The smallest absolute Gasteiger partial charge is 0.323 e. The highest BCUT2D eigenvalue weighted by Crippen LogP contribution is 2.57. The molecule has 11 heteroatoms. The second-order valence-corrected chi connectivity index (χ2v) is 7.60. The molecule has 0 bridgehead atoms. The van der Waals surface area contributed by atoms with Crippen LogP contribution in [0.3, 0.4) is 0 Å². The molecule has 150 valence electrons. The quantitative estimate of drug-likeness (QED) is 0.589. The van der Waals surface area contributed by atoms with Crippen LogP contribution in [0.5, 0.6) is 0 Å². The van der Waals surface area contributed by atoms with Crippen molar-refractivity contribution in [3.8, 4) is 0 Å². The Kier molecular flexibility index (Phi) is 4.19. The van der Waals surface area contributed by atoms with Crippen molar-refractivity contribution in [3.05, 3.63) is 59.7 Å². The van der Waals surface area contributed by atoms with Gasteiger partial charge in [0.1, 0.15) is 11.6 Å². The first-order valence-electron chi connectivity index (χ1n) is 8.05. The van der Waals surface area contributed by atoms with Crippen molar-refractivity contribution < 1.29 is 36.3 Å². The summed E-state index contributed by atoms with van der Waals surface area (Å²) < 4.78 is 66.4. The standard InChI is InChI=1S/C18H9F5N2O3S/c19-8-1-4-10(5-2-8)25-15(27)13(14(26)18(21,22)23)29-17(25)11-7-9(20)3-6-12(11)24-16(17)28/h1-7,13H,(H,24,28). The maximum absolute atomic E-state index is 13.9. The molecule has 29 heavy (non-hydrogen) atoms. The van der Waals surface area contributed by atoms with Crippen LogP contribution in [0.15, 0.2) is 42.5 Å². The van der Waals surface area contributed by atoms with Crippen molar-refractivity contribution >= 4 is 40.7 Å². The summed E-state index contributed by atoms with van der Waals surface area (Å²) in [7, 11) is 0. The number of fused-ring (bicyclic) bond motifs is 2. The van der Waals surface area contributed by atoms with E-state index in [0.29, 0.717) is 4.90 Å². The minimum atomic E-state index is -5.33. The van der Waals surface area contributed by atoms with Gasteiger partial charge in [-0.05, 0) is 42.5 Å². The molecule has 2 aromatic carbocycles. The topological polar surface area (TPSA) is 66.5 Å². The predicted octanol–water partition coefficient (Wildman–Crippen LogP) is 3.35. The highest BCUT2D eigenvalue weighted by Gasteiger charge is 2.66. The number of hydrogen-bond acceptors (Lipinski definition) is 4. The molecule has 4 rings (SSSR count). The molecule has 0 aliphatic carbocycles. The average molecular weight is 428 g/mol. The SMILES string of the molecule is O=C1C(C(=O)C(F)(F)F)SC2(C(=O)Nc3ccc(F)cc32)N1c1ccc(F)cc1. The van der Waals surface area contributed by atoms with Gasteiger partial charge in [0.15, 0.2) is 5.25 Å². The van der Waals surface area contributed by atoms with Gasteiger partial charge in [0, 0.05) is 16.9 Å². The van der Waals surface area contributed by atoms with Crippen molar-refractivity contribution in [2.45, 2.75) is 16.3 Å². The van der Waals surface area contributed by atoms with Crippen LogP contribution >= 0.6 is 11.8 Å². The largest absolute Gasteiger partial charge is 0.451 e. The predicted molar refractivity (Wildman–Crippen MR) is 93.0 cm³/mol. The highest BCUT2D eigenvalue weighted by molar-refractivity contribution is 8.03. The number of hydrogen-bond donors (Lipinski definition) is 1. The zero-order valence-corrected chi connectivity index (χ0v) is 14.9. The van der Waals surface area contributed by atoms with E-state index in [1.165, 1.54) is 6.07 Å². The lowest BCUT2D eigenvalue weighted by atomic mass is 10.0. The summed E-state index contributed by atoms with van der Waals surface area (Å²) in [5.41, 5.74) is -0.139. The molecule has 1 fully saturated rings. The van der Waals surface area contributed by atoms with Crippen LogP contribution in [-0.4, -0.2) is 29.0 Å². The van der Waals surface area contributed by atoms with E-state index in [9.17, 15) is 36.3 Å². The zero-order chi connectivity index (χ0) is 21.1. The summed E-state index contributed by atoms with van der Waals surface area (Å²) in [5.74, 6) is -6.05. The third-order valence-corrected chi connectivity index (χ3v) is 6.13. The number of carbonyl (C=O) groups excluding carboxylic acids is 3. The maximum Gasteiger partial charge on any atom is 0.451 e. The molecule has 1 spiro atoms. The number of ketones is 1. The summed E-state index contributed by atoms with van der Waals surface area (Å²) in [4.78, 5) is 36.2. The molecule has 2 aliphatic heterocycles. The van der Waals surface area contributed by atoms with Crippen molar-refractivity contribution in [2.24, 2.45) is 0 Å². The number of halogens is 5. The molecule has 2 atom stereocenters. The fourth-order valence-corrected chi connectivity index (χ4v) is 4.88. The van der Waals surface area contributed by atoms with E-state index in [1.54, 1.807) is 0 Å². The number of anilines is 2. The maximum atomic E-state index is 13.9. The summed E-state index contributed by atoms with van der Waals surface area (Å²) >= 11 is 0.165. The molecular formula is C18H9F5N2O3S. The number of thioether (sulfide) groups is 1. The molecule has 2 heterocycles. The van der Waals surface area contributed by atoms with Crippen LogP contribution in [0.25, 0.3) is 0 Å². The molecule has 2 aromatic rings. The van der Waals surface area contributed by atoms with Crippen LogP contribution in [0.4, 0.5) is 33.3 Å². The van der Waals surface area contributed by atoms with Gasteiger partial charge < -0.3 is 5.32 Å². The van der Waals surface area contributed by atoms with Gasteiger partial charge in [0.2, 0.25) is 10.8 Å². The van der Waals surface area contributed by atoms with Gasteiger partial charge in [-0.3, -0.25) is 19.3 Å². The Hall–Kier alpha value is -2.95. The number of Topliss-reactive ketones (excluding diaryl/α,β-unsaturated/α-hetero) is 1. The average Bonchev–Trinajstić information content (AvgIpc) is 3.10. The van der Waals surface area contributed by atoms with Crippen LogP contribution in [0.2, 0.25) is 0 Å². The van der Waals surface area contributed by atoms with E-state index in [2.05, 4.69) is 5.32 Å². The second kappa shape index (κ2) is 6.28. The molecule has 0 radical (unpaired) electrons. The van der Waals surface area contributed by atoms with Gasteiger partial charge >= 0.3 is 6.18 Å². The number of benzene rings is 2. The first-order chi connectivity index (χ1) is 13.6. The van der Waals surface area contributed by atoms with Gasteiger partial charge in [-0.1, -0.05) is 11.8 Å². The molecule has 5 nitrogen and oxygen atoms in total. The lowest BCUT2D eigenvalue weighted by Crippen LogP contribution is -2.48. The van der Waals surface area contributed by atoms with Gasteiger partial charge in [0.25, 0.3) is 11.7 Å². The number of nitrogens with zero attached hydrogens (tertiary/aromatic N) is 1. The fourth-order valence-electron chi connectivity index (χ4n) is 3.33. The number of carbonyl (C=O) groups is 3. The Morgan fingerprint density at radius 2 is 1.66 bits per heavy atom. The van der Waals surface area contributed by atoms with Crippen LogP contribution < -0.4 is 10.2 Å². The van der Waals surface area contributed by atoms with Crippen LogP contribution in [0.1, 0.15) is 5.56 Å². The summed E-state index contributed by atoms with van der Waals surface area (Å²) in [6.07, 6.45) is -5.33. The number of alkyl halides is 3. The molecule has 1 saturated heterocycles. The number of amides is 2. The third kappa shape index (κ3) is 2.79. The third-order valence-electron chi connectivity index (χ3n) is 4.55. The van der Waals surface area contributed by atoms with Crippen molar-refractivity contribution in [2.75, 3.05) is 10.2 Å². The Balaban J connectivity index is 1.94. The summed E-state index contributed by atoms with van der Waals surface area (Å²) in [6, 6.07) is 7.19. The van der Waals surface area contributed by atoms with E-state index in [-0.39, 0.29) is 28.7 Å². The van der Waals surface area contributed by atoms with Crippen molar-refractivity contribution in [1.82, 2.24) is 0 Å². The molecule has 2 unspecified atom stereocenters. The van der Waals surface area contributed by atoms with Gasteiger partial charge in [-0.15, -0.1) is 0 Å².